The number of allylic oxidation sites excluding steroid dienone is 1. The number of fused-ring (bicyclic) bond motifs is 1. The van der Waals surface area contributed by atoms with Crippen molar-refractivity contribution in [3.05, 3.63) is 71.1 Å². The average Bonchev–Trinajstić information content (AvgIpc) is 3.79. The summed E-state index contributed by atoms with van der Waals surface area (Å²) in [5.74, 6) is 1.43. The highest BCUT2D eigenvalue weighted by atomic mass is 16.6. The number of nitrogens with zero attached hydrogens (tertiary/aromatic N) is 5. The van der Waals surface area contributed by atoms with E-state index in [0.717, 1.165) is 53.0 Å². The number of benzene rings is 2. The van der Waals surface area contributed by atoms with Gasteiger partial charge in [0.15, 0.2) is 6.29 Å². The highest BCUT2D eigenvalue weighted by Crippen LogP contribution is 2.32. The zero-order chi connectivity index (χ0) is 46.5. The summed E-state index contributed by atoms with van der Waals surface area (Å²) in [6.45, 7) is 23.4. The third-order valence-corrected chi connectivity index (χ3v) is 8.01. The van der Waals surface area contributed by atoms with Crippen molar-refractivity contribution in [3.8, 4) is 5.75 Å². The van der Waals surface area contributed by atoms with E-state index >= 15 is 0 Å². The molecule has 2 amide bonds. The predicted octanol–water partition coefficient (Wildman–Crippen LogP) is 6.61. The van der Waals surface area contributed by atoms with E-state index < -0.39 is 5.60 Å². The number of aromatic nitrogens is 4. The van der Waals surface area contributed by atoms with Crippen LogP contribution >= 0.6 is 0 Å². The number of imidazole rings is 1. The van der Waals surface area contributed by atoms with Crippen LogP contribution in [0.15, 0.2) is 48.6 Å². The first-order chi connectivity index (χ1) is 29.3. The number of primary amides is 1. The van der Waals surface area contributed by atoms with E-state index in [-0.39, 0.29) is 18.6 Å². The number of amides is 2. The van der Waals surface area contributed by atoms with Crippen molar-refractivity contribution in [2.75, 3.05) is 63.3 Å². The van der Waals surface area contributed by atoms with Gasteiger partial charge in [-0.15, -0.1) is 0 Å². The molecular weight excluding hydrogens is 781 g/mol. The number of nitrogens with one attached hydrogen (secondary N) is 2. The normalized spacial score (nSPS) is 11.6. The molecule has 2 aromatic heterocycles. The van der Waals surface area contributed by atoms with Crippen LogP contribution in [0.25, 0.3) is 11.0 Å². The molecule has 17 heteroatoms. The molecule has 2 aromatic carbocycles. The molecule has 4 aromatic rings. The van der Waals surface area contributed by atoms with Crippen molar-refractivity contribution in [3.63, 3.8) is 0 Å². The molecule has 1 aliphatic rings. The van der Waals surface area contributed by atoms with E-state index in [9.17, 15) is 14.4 Å². The van der Waals surface area contributed by atoms with Crippen molar-refractivity contribution in [1.82, 2.24) is 24.2 Å². The number of anilines is 3. The van der Waals surface area contributed by atoms with E-state index in [1.54, 1.807) is 27.8 Å². The van der Waals surface area contributed by atoms with E-state index in [4.69, 9.17) is 24.7 Å². The Morgan fingerprint density at radius 2 is 1.62 bits per heavy atom. The highest BCUT2D eigenvalue weighted by molar-refractivity contribution is 5.86. The van der Waals surface area contributed by atoms with Crippen LogP contribution in [0, 0.1) is 13.8 Å². The fourth-order valence-corrected chi connectivity index (χ4v) is 5.53. The Hall–Kier alpha value is -5.94. The minimum absolute atomic E-state index is 0.0226. The van der Waals surface area contributed by atoms with Crippen molar-refractivity contribution < 1.29 is 33.4 Å². The molecule has 340 valence electrons. The van der Waals surface area contributed by atoms with Gasteiger partial charge in [-0.1, -0.05) is 39.8 Å². The second kappa shape index (κ2) is 30.1. The van der Waals surface area contributed by atoms with Crippen molar-refractivity contribution in [2.24, 2.45) is 11.5 Å². The first kappa shape index (κ1) is 55.1. The van der Waals surface area contributed by atoms with E-state index in [1.807, 2.05) is 101 Å². The molecule has 5 rings (SSSR count). The van der Waals surface area contributed by atoms with E-state index in [1.165, 1.54) is 7.05 Å². The van der Waals surface area contributed by atoms with Gasteiger partial charge in [0.1, 0.15) is 29.0 Å². The number of ether oxygens (including phenoxy) is 3. The Morgan fingerprint density at radius 3 is 2.18 bits per heavy atom. The molecule has 1 aliphatic heterocycles. The summed E-state index contributed by atoms with van der Waals surface area (Å²) in [4.78, 5) is 48.3. The van der Waals surface area contributed by atoms with Gasteiger partial charge in [0.2, 0.25) is 12.4 Å². The number of carbonyl (C=O) groups excluding carboxylic acids is 4. The van der Waals surface area contributed by atoms with Gasteiger partial charge < -0.3 is 51.5 Å². The molecule has 61 heavy (non-hydrogen) atoms. The third-order valence-electron chi connectivity index (χ3n) is 8.01. The molecule has 0 aliphatic carbocycles. The summed E-state index contributed by atoms with van der Waals surface area (Å²) in [5, 5.41) is 10.6. The molecule has 0 atom stereocenters. The average molecular weight is 853 g/mol. The smallest absolute Gasteiger partial charge is 0.410 e. The van der Waals surface area contributed by atoms with Gasteiger partial charge in [0.05, 0.1) is 54.8 Å². The van der Waals surface area contributed by atoms with Gasteiger partial charge in [-0.3, -0.25) is 19.1 Å². The summed E-state index contributed by atoms with van der Waals surface area (Å²) >= 11 is 0. The van der Waals surface area contributed by atoms with Gasteiger partial charge in [-0.2, -0.15) is 5.10 Å². The van der Waals surface area contributed by atoms with Gasteiger partial charge in [-0.05, 0) is 90.6 Å². The Bertz CT molecular complexity index is 1910. The van der Waals surface area contributed by atoms with Crippen LogP contribution in [0.2, 0.25) is 0 Å². The fourth-order valence-electron chi connectivity index (χ4n) is 5.53. The molecule has 0 radical (unpaired) electrons. The van der Waals surface area contributed by atoms with E-state index in [0.29, 0.717) is 68.5 Å². The lowest BCUT2D eigenvalue weighted by atomic mass is 10.1. The maximum absolute atomic E-state index is 12.1. The van der Waals surface area contributed by atoms with Gasteiger partial charge in [-0.25, -0.2) is 9.78 Å². The Kier molecular flexibility index (Phi) is 27.2. The van der Waals surface area contributed by atoms with Crippen LogP contribution in [0.4, 0.5) is 22.1 Å². The Morgan fingerprint density at radius 1 is 0.967 bits per heavy atom. The van der Waals surface area contributed by atoms with Crippen LogP contribution in [-0.2, 0) is 27.4 Å². The Labute approximate surface area is 362 Å². The first-order valence-electron chi connectivity index (χ1n) is 20.6. The number of aldehydes is 2. The topological polar surface area (TPSA) is 237 Å². The third kappa shape index (κ3) is 18.9. The summed E-state index contributed by atoms with van der Waals surface area (Å²) in [6.07, 6.45) is 6.40. The maximum Gasteiger partial charge on any atom is 0.410 e. The number of nitrogens with two attached hydrogens (primary N) is 3. The van der Waals surface area contributed by atoms with Crippen molar-refractivity contribution >= 4 is 53.4 Å². The zero-order valence-electron chi connectivity index (χ0n) is 38.4. The van der Waals surface area contributed by atoms with E-state index in [2.05, 4.69) is 42.8 Å². The quantitative estimate of drug-likeness (QED) is 0.0367. The predicted molar refractivity (Wildman–Crippen MR) is 247 cm³/mol. The number of rotatable bonds is 15. The van der Waals surface area contributed by atoms with Crippen LogP contribution in [-0.4, -0.2) is 108 Å². The molecule has 17 nitrogen and oxygen atoms in total. The number of aryl methyl sites for hydroxylation is 3. The molecular formula is C44H72N10O7. The minimum Gasteiger partial charge on any atom is -0.491 e. The molecule has 0 spiro atoms. The fraction of sp³-hybridized carbons (Fsp3) is 0.500. The van der Waals surface area contributed by atoms with Gasteiger partial charge >= 0.3 is 6.09 Å². The maximum atomic E-state index is 12.1. The summed E-state index contributed by atoms with van der Waals surface area (Å²) in [6, 6.07) is 11.1. The van der Waals surface area contributed by atoms with Gasteiger partial charge in [0, 0.05) is 38.7 Å². The Balaban J connectivity index is 0.00000159. The minimum atomic E-state index is -0.500. The molecule has 0 bridgehead atoms. The molecule has 8 N–H and O–H groups in total. The first-order valence-corrected chi connectivity index (χ1v) is 20.6. The number of nitrogen functional groups attached to an aromatic ring is 1. The number of carbonyl (C=O) groups is 4. The molecule has 0 unspecified atom stereocenters. The lowest BCUT2D eigenvalue weighted by molar-refractivity contribution is -0.106. The molecule has 1 saturated heterocycles. The van der Waals surface area contributed by atoms with Crippen LogP contribution in [0.1, 0.15) is 93.9 Å². The summed E-state index contributed by atoms with van der Waals surface area (Å²) in [7, 11) is 3.32. The standard InChI is InChI=1S/C31H42N6O5.C7H10N2O.2C2H6.CH3NO.CH5N/c1-21-15-24(32)28(27(16-21)41-14-8-13-40-23-18-36(19-23)30(39)42-31(2,3)4)34-11-6-7-12-37-26-10-9-22(20-38)17-25(26)35-29(37)33-5;1-3-9-7(5-10)4-6(2)8-9;2*1-2;2-1-3;1-2/h6-7,9-10,15-17,20,23,34H,8,11-14,18-19,32H2,1-5H3,(H,33,35);4-5H,3H2,1-2H3;2*1-2H3;1H,(H2,2,3);2H2,1H3/b7-6+;;;;;. The summed E-state index contributed by atoms with van der Waals surface area (Å²) in [5.41, 5.74) is 20.7. The van der Waals surface area contributed by atoms with Gasteiger partial charge in [0.25, 0.3) is 0 Å². The molecule has 3 heterocycles. The highest BCUT2D eigenvalue weighted by Gasteiger charge is 2.34. The lowest BCUT2D eigenvalue weighted by Gasteiger charge is -2.39. The monoisotopic (exact) mass is 853 g/mol. The van der Waals surface area contributed by atoms with Crippen molar-refractivity contribution in [1.29, 1.82) is 0 Å². The van der Waals surface area contributed by atoms with Crippen LogP contribution in [0.3, 0.4) is 0 Å². The SMILES string of the molecule is CC.CC.CCn1nc(C)cc1C=O.CN.CNc1nc2cc(C=O)ccc2n1C/C=C/CNc1c(N)cc(C)cc1OCCCOC1CN(C(=O)OC(C)(C)C)C1.NC=O. The largest absolute Gasteiger partial charge is 0.491 e. The number of likely N-dealkylation sites (tertiary alicyclic amines) is 1. The summed E-state index contributed by atoms with van der Waals surface area (Å²) < 4.78 is 21.1. The molecule has 1 fully saturated rings. The van der Waals surface area contributed by atoms with Crippen LogP contribution < -0.4 is 32.6 Å². The lowest BCUT2D eigenvalue weighted by Crippen LogP contribution is -2.56. The van der Waals surface area contributed by atoms with Crippen molar-refractivity contribution in [2.45, 2.75) is 100 Å². The molecule has 0 saturated carbocycles. The number of hydrogen-bond donors (Lipinski definition) is 5. The second-order valence-electron chi connectivity index (χ2n) is 13.6. The second-order valence-corrected chi connectivity index (χ2v) is 13.6. The van der Waals surface area contributed by atoms with Crippen LogP contribution in [0.5, 0.6) is 5.75 Å². The number of hydrogen-bond acceptors (Lipinski definition) is 13. The zero-order valence-corrected chi connectivity index (χ0v) is 38.4.